The highest BCUT2D eigenvalue weighted by molar-refractivity contribution is 7.07. The summed E-state index contributed by atoms with van der Waals surface area (Å²) < 4.78 is 3.77. The number of aryl methyl sites for hydroxylation is 1. The summed E-state index contributed by atoms with van der Waals surface area (Å²) in [5.74, 6) is -0.158. The summed E-state index contributed by atoms with van der Waals surface area (Å²) in [4.78, 5) is 20.9. The second-order valence-corrected chi connectivity index (χ2v) is 5.41. The number of aromatic nitrogens is 4. The van der Waals surface area contributed by atoms with Gasteiger partial charge in [0.2, 0.25) is 0 Å². The van der Waals surface area contributed by atoms with E-state index < -0.39 is 0 Å². The minimum Gasteiger partial charge on any atom is -0.347 e. The summed E-state index contributed by atoms with van der Waals surface area (Å²) in [6.45, 7) is 2.20. The Morgan fingerprint density at radius 2 is 2.05 bits per heavy atom. The maximum absolute atomic E-state index is 12.1. The van der Waals surface area contributed by atoms with Crippen LogP contribution < -0.4 is 5.32 Å². The molecule has 22 heavy (non-hydrogen) atoms. The van der Waals surface area contributed by atoms with Crippen molar-refractivity contribution >= 4 is 17.4 Å². The van der Waals surface area contributed by atoms with Gasteiger partial charge in [0.15, 0.2) is 0 Å². The van der Waals surface area contributed by atoms with E-state index in [4.69, 9.17) is 0 Å². The van der Waals surface area contributed by atoms with Crippen molar-refractivity contribution in [3.8, 4) is 11.3 Å². The number of nitrogens with one attached hydrogen (secondary N) is 1. The van der Waals surface area contributed by atoms with Gasteiger partial charge in [0.05, 0.1) is 11.4 Å². The zero-order valence-corrected chi connectivity index (χ0v) is 12.7. The minimum absolute atomic E-state index is 0.158. The van der Waals surface area contributed by atoms with E-state index in [1.54, 1.807) is 25.5 Å². The van der Waals surface area contributed by atoms with E-state index in [1.807, 2.05) is 24.3 Å². The first kappa shape index (κ1) is 14.3. The molecule has 0 aliphatic carbocycles. The molecule has 0 unspecified atom stereocenters. The lowest BCUT2D eigenvalue weighted by molar-refractivity contribution is 0.0954. The molecule has 0 bridgehead atoms. The van der Waals surface area contributed by atoms with Gasteiger partial charge in [-0.3, -0.25) is 14.8 Å². The van der Waals surface area contributed by atoms with Crippen LogP contribution in [0.3, 0.4) is 0 Å². The van der Waals surface area contributed by atoms with Crippen LogP contribution in [0, 0.1) is 6.92 Å². The van der Waals surface area contributed by atoms with Gasteiger partial charge in [-0.25, -0.2) is 0 Å². The topological polar surface area (TPSA) is 80.7 Å². The fourth-order valence-corrected chi connectivity index (χ4v) is 2.54. The largest absolute Gasteiger partial charge is 0.347 e. The smallest absolute Gasteiger partial charge is 0.265 e. The van der Waals surface area contributed by atoms with Crippen molar-refractivity contribution < 1.29 is 4.79 Å². The quantitative estimate of drug-likeness (QED) is 0.799. The highest BCUT2D eigenvalue weighted by Crippen LogP contribution is 2.16. The number of hydrogen-bond acceptors (Lipinski definition) is 6. The predicted octanol–water partition coefficient (Wildman–Crippen LogP) is 2.23. The molecular weight excluding hydrogens is 298 g/mol. The molecule has 0 aliphatic rings. The third-order valence-electron chi connectivity index (χ3n) is 3.11. The van der Waals surface area contributed by atoms with Crippen molar-refractivity contribution in [3.63, 3.8) is 0 Å². The van der Waals surface area contributed by atoms with Crippen molar-refractivity contribution in [2.24, 2.45) is 0 Å². The van der Waals surface area contributed by atoms with Gasteiger partial charge in [-0.2, -0.15) is 0 Å². The zero-order chi connectivity index (χ0) is 15.4. The van der Waals surface area contributed by atoms with Crippen molar-refractivity contribution in [2.45, 2.75) is 13.5 Å². The molecular formula is C15H13N5OS. The minimum atomic E-state index is -0.158. The number of rotatable bonds is 4. The number of nitrogens with zero attached hydrogens (tertiary/aromatic N) is 4. The van der Waals surface area contributed by atoms with Crippen molar-refractivity contribution in [3.05, 3.63) is 59.0 Å². The Labute approximate surface area is 131 Å². The molecule has 0 spiro atoms. The zero-order valence-electron chi connectivity index (χ0n) is 11.9. The highest BCUT2D eigenvalue weighted by atomic mass is 32.1. The maximum atomic E-state index is 12.1. The van der Waals surface area contributed by atoms with Gasteiger partial charge >= 0.3 is 0 Å². The molecule has 6 nitrogen and oxygen atoms in total. The van der Waals surface area contributed by atoms with Gasteiger partial charge in [0.25, 0.3) is 5.91 Å². The molecule has 3 aromatic heterocycles. The molecule has 3 heterocycles. The third kappa shape index (κ3) is 3.15. The van der Waals surface area contributed by atoms with Gasteiger partial charge in [-0.15, -0.1) is 5.10 Å². The molecule has 3 aromatic rings. The van der Waals surface area contributed by atoms with E-state index in [9.17, 15) is 4.79 Å². The molecule has 0 aromatic carbocycles. The fraction of sp³-hybridized carbons (Fsp3) is 0.133. The monoisotopic (exact) mass is 311 g/mol. The van der Waals surface area contributed by atoms with Gasteiger partial charge in [-0.05, 0) is 48.3 Å². The van der Waals surface area contributed by atoms with Crippen molar-refractivity contribution in [2.75, 3.05) is 0 Å². The maximum Gasteiger partial charge on any atom is 0.265 e. The van der Waals surface area contributed by atoms with Crippen molar-refractivity contribution in [1.82, 2.24) is 24.9 Å². The second kappa shape index (κ2) is 6.40. The number of hydrogen-bond donors (Lipinski definition) is 1. The van der Waals surface area contributed by atoms with Gasteiger partial charge in [-0.1, -0.05) is 4.49 Å². The Bertz CT molecular complexity index is 787. The number of pyridine rings is 2. The Hall–Kier alpha value is -2.67. The lowest BCUT2D eigenvalue weighted by atomic mass is 10.1. The summed E-state index contributed by atoms with van der Waals surface area (Å²) in [5, 5.41) is 6.71. The normalized spacial score (nSPS) is 10.4. The average Bonchev–Trinajstić information content (AvgIpc) is 3.00. The van der Waals surface area contributed by atoms with Crippen LogP contribution in [0.25, 0.3) is 11.3 Å². The first-order valence-electron chi connectivity index (χ1n) is 6.66. The molecule has 0 aliphatic heterocycles. The Balaban J connectivity index is 1.71. The van der Waals surface area contributed by atoms with E-state index in [-0.39, 0.29) is 5.91 Å². The molecule has 0 radical (unpaired) electrons. The standard InChI is InChI=1S/C15H13N5OS/c1-10-14(22-20-19-10)15(21)18-9-11-2-7-17-13(8-11)12-3-5-16-6-4-12/h2-8H,9H2,1H3,(H,18,21). The van der Waals surface area contributed by atoms with Crippen LogP contribution >= 0.6 is 11.5 Å². The van der Waals surface area contributed by atoms with Gasteiger partial charge in [0.1, 0.15) is 4.88 Å². The lowest BCUT2D eigenvalue weighted by Crippen LogP contribution is -2.22. The molecule has 0 saturated heterocycles. The molecule has 0 fully saturated rings. The highest BCUT2D eigenvalue weighted by Gasteiger charge is 2.12. The van der Waals surface area contributed by atoms with E-state index in [1.165, 1.54) is 0 Å². The van der Waals surface area contributed by atoms with Gasteiger partial charge in [0, 0.05) is 30.7 Å². The van der Waals surface area contributed by atoms with Crippen LogP contribution in [-0.2, 0) is 6.54 Å². The molecule has 1 amide bonds. The first-order valence-corrected chi connectivity index (χ1v) is 7.44. The van der Waals surface area contributed by atoms with E-state index >= 15 is 0 Å². The summed E-state index contributed by atoms with van der Waals surface area (Å²) in [6.07, 6.45) is 5.19. The van der Waals surface area contributed by atoms with E-state index in [0.717, 1.165) is 28.4 Å². The van der Waals surface area contributed by atoms with Crippen LogP contribution in [0.15, 0.2) is 42.9 Å². The molecule has 0 saturated carbocycles. The molecule has 7 heteroatoms. The summed E-state index contributed by atoms with van der Waals surface area (Å²) in [6, 6.07) is 7.63. The molecule has 110 valence electrons. The van der Waals surface area contributed by atoms with Gasteiger partial charge < -0.3 is 5.32 Å². The average molecular weight is 311 g/mol. The SMILES string of the molecule is Cc1nnsc1C(=O)NCc1ccnc(-c2ccncc2)c1. The Morgan fingerprint density at radius 1 is 1.23 bits per heavy atom. The van der Waals surface area contributed by atoms with E-state index in [2.05, 4.69) is 24.9 Å². The van der Waals surface area contributed by atoms with Crippen molar-refractivity contribution in [1.29, 1.82) is 0 Å². The molecule has 3 rings (SSSR count). The number of carbonyl (C=O) groups excluding carboxylic acids is 1. The van der Waals surface area contributed by atoms with Crippen LogP contribution in [0.2, 0.25) is 0 Å². The fourth-order valence-electron chi connectivity index (χ4n) is 1.97. The lowest BCUT2D eigenvalue weighted by Gasteiger charge is -2.06. The molecule has 1 N–H and O–H groups in total. The molecule has 0 atom stereocenters. The van der Waals surface area contributed by atoms with Crippen LogP contribution in [0.5, 0.6) is 0 Å². The summed E-state index contributed by atoms with van der Waals surface area (Å²) in [5.41, 5.74) is 3.47. The second-order valence-electron chi connectivity index (χ2n) is 4.66. The summed E-state index contributed by atoms with van der Waals surface area (Å²) >= 11 is 1.10. The Kier molecular flexibility index (Phi) is 4.15. The number of carbonyl (C=O) groups is 1. The van der Waals surface area contributed by atoms with Crippen LogP contribution in [0.4, 0.5) is 0 Å². The van der Waals surface area contributed by atoms with Crippen LogP contribution in [0.1, 0.15) is 20.9 Å². The van der Waals surface area contributed by atoms with E-state index in [0.29, 0.717) is 17.1 Å². The Morgan fingerprint density at radius 3 is 2.77 bits per heavy atom. The third-order valence-corrected chi connectivity index (χ3v) is 3.94. The predicted molar refractivity (Wildman–Crippen MR) is 83.3 cm³/mol. The summed E-state index contributed by atoms with van der Waals surface area (Å²) in [7, 11) is 0. The number of amides is 1. The van der Waals surface area contributed by atoms with Crippen LogP contribution in [-0.4, -0.2) is 25.5 Å². The first-order chi connectivity index (χ1) is 10.7.